The van der Waals surface area contributed by atoms with Crippen LogP contribution in [0, 0.1) is 11.3 Å². The molecular formula is C31H32Cl2N2O2. The van der Waals surface area contributed by atoms with Gasteiger partial charge in [-0.3, -0.25) is 4.90 Å². The Hall–Kier alpha value is -2.97. The molecule has 0 amide bonds. The number of nitrogens with zero attached hydrogens (tertiary/aromatic N) is 2. The van der Waals surface area contributed by atoms with Crippen LogP contribution in [0.3, 0.4) is 0 Å². The molecule has 3 aromatic carbocycles. The first-order valence-electron chi connectivity index (χ1n) is 12.5. The highest BCUT2D eigenvalue weighted by Gasteiger charge is 2.42. The van der Waals surface area contributed by atoms with Crippen molar-refractivity contribution in [3.63, 3.8) is 0 Å². The van der Waals surface area contributed by atoms with E-state index in [-0.39, 0.29) is 11.6 Å². The van der Waals surface area contributed by atoms with Gasteiger partial charge in [0.1, 0.15) is 29.6 Å². The molecule has 0 radical (unpaired) electrons. The van der Waals surface area contributed by atoms with E-state index in [9.17, 15) is 5.26 Å². The first-order chi connectivity index (χ1) is 17.8. The molecular weight excluding hydrogens is 503 g/mol. The monoisotopic (exact) mass is 534 g/mol. The third kappa shape index (κ3) is 5.96. The van der Waals surface area contributed by atoms with Gasteiger partial charge in [0, 0.05) is 24.7 Å². The summed E-state index contributed by atoms with van der Waals surface area (Å²) in [6.07, 6.45) is 3.22. The van der Waals surface area contributed by atoms with Crippen molar-refractivity contribution in [2.24, 2.45) is 0 Å². The van der Waals surface area contributed by atoms with Crippen molar-refractivity contribution in [2.45, 2.75) is 43.7 Å². The van der Waals surface area contributed by atoms with Gasteiger partial charge in [-0.2, -0.15) is 5.26 Å². The molecule has 1 aliphatic rings. The van der Waals surface area contributed by atoms with Crippen molar-refractivity contribution in [2.75, 3.05) is 19.7 Å². The standard InChI is InChI=1S/C31H32Cl2N2O2/c1-4-17-36-28-19-29(27(33)18-26(28)32)37-25-20-35(21-25)30(2,3)15-16-31(22-34,23-11-7-5-8-12-23)24-13-9-6-10-14-24/h4-14,18-19,25H,1,15-17,20-21H2,2-3H3. The van der Waals surface area contributed by atoms with Crippen LogP contribution in [0.2, 0.25) is 10.0 Å². The second-order valence-electron chi connectivity index (χ2n) is 10.0. The van der Waals surface area contributed by atoms with Crippen LogP contribution < -0.4 is 9.47 Å². The summed E-state index contributed by atoms with van der Waals surface area (Å²) >= 11 is 12.6. The van der Waals surface area contributed by atoms with Gasteiger partial charge in [0.2, 0.25) is 0 Å². The van der Waals surface area contributed by atoms with Crippen LogP contribution in [0.25, 0.3) is 0 Å². The number of rotatable bonds is 11. The molecule has 37 heavy (non-hydrogen) atoms. The molecule has 4 nitrogen and oxygen atoms in total. The number of likely N-dealkylation sites (tertiary alicyclic amines) is 1. The summed E-state index contributed by atoms with van der Waals surface area (Å²) in [4.78, 5) is 2.40. The zero-order valence-electron chi connectivity index (χ0n) is 21.3. The van der Waals surface area contributed by atoms with E-state index in [1.54, 1.807) is 18.2 Å². The molecule has 1 heterocycles. The zero-order chi connectivity index (χ0) is 26.5. The van der Waals surface area contributed by atoms with Gasteiger partial charge in [0.15, 0.2) is 0 Å². The number of hydrogen-bond donors (Lipinski definition) is 0. The van der Waals surface area contributed by atoms with Crippen molar-refractivity contribution in [3.05, 3.63) is 107 Å². The van der Waals surface area contributed by atoms with E-state index in [1.165, 1.54) is 0 Å². The van der Waals surface area contributed by atoms with Crippen LogP contribution in [0.15, 0.2) is 85.5 Å². The lowest BCUT2D eigenvalue weighted by atomic mass is 9.70. The first-order valence-corrected chi connectivity index (χ1v) is 13.2. The van der Waals surface area contributed by atoms with Crippen molar-refractivity contribution in [1.82, 2.24) is 4.90 Å². The van der Waals surface area contributed by atoms with Crippen LogP contribution in [0.4, 0.5) is 0 Å². The Labute approximate surface area is 230 Å². The number of nitriles is 1. The summed E-state index contributed by atoms with van der Waals surface area (Å²) in [7, 11) is 0. The summed E-state index contributed by atoms with van der Waals surface area (Å²) in [5.41, 5.74) is 1.22. The summed E-state index contributed by atoms with van der Waals surface area (Å²) in [5, 5.41) is 11.4. The summed E-state index contributed by atoms with van der Waals surface area (Å²) in [6, 6.07) is 26.3. The molecule has 192 valence electrons. The van der Waals surface area contributed by atoms with E-state index in [0.29, 0.717) is 34.6 Å². The molecule has 0 unspecified atom stereocenters. The van der Waals surface area contributed by atoms with Gasteiger partial charge in [-0.15, -0.1) is 0 Å². The predicted octanol–water partition coefficient (Wildman–Crippen LogP) is 7.69. The highest BCUT2D eigenvalue weighted by Crippen LogP contribution is 2.41. The molecule has 0 atom stereocenters. The number of ether oxygens (including phenoxy) is 2. The highest BCUT2D eigenvalue weighted by atomic mass is 35.5. The average molecular weight is 536 g/mol. The molecule has 6 heteroatoms. The van der Waals surface area contributed by atoms with E-state index in [1.807, 2.05) is 36.4 Å². The summed E-state index contributed by atoms with van der Waals surface area (Å²) < 4.78 is 11.8. The molecule has 1 saturated heterocycles. The van der Waals surface area contributed by atoms with Gasteiger partial charge in [-0.25, -0.2) is 0 Å². The van der Waals surface area contributed by atoms with Crippen molar-refractivity contribution >= 4 is 23.2 Å². The Balaban J connectivity index is 1.44. The third-order valence-electron chi connectivity index (χ3n) is 7.18. The largest absolute Gasteiger partial charge is 0.488 e. The third-order valence-corrected chi connectivity index (χ3v) is 7.77. The van der Waals surface area contributed by atoms with Crippen molar-refractivity contribution in [3.8, 4) is 17.6 Å². The van der Waals surface area contributed by atoms with Crippen molar-refractivity contribution < 1.29 is 9.47 Å². The Morgan fingerprint density at radius 3 is 2.05 bits per heavy atom. The van der Waals surface area contributed by atoms with Crippen molar-refractivity contribution in [1.29, 1.82) is 5.26 Å². The van der Waals surface area contributed by atoms with Crippen LogP contribution in [-0.4, -0.2) is 36.2 Å². The average Bonchev–Trinajstić information content (AvgIpc) is 2.88. The fourth-order valence-corrected chi connectivity index (χ4v) is 5.27. The summed E-state index contributed by atoms with van der Waals surface area (Å²) in [5.74, 6) is 1.08. The Morgan fingerprint density at radius 1 is 0.946 bits per heavy atom. The first kappa shape index (κ1) is 27.1. The van der Waals surface area contributed by atoms with Gasteiger partial charge >= 0.3 is 0 Å². The Bertz CT molecular complexity index is 1210. The minimum Gasteiger partial charge on any atom is -0.488 e. The smallest absolute Gasteiger partial charge is 0.142 e. The fourth-order valence-electron chi connectivity index (χ4n) is 4.78. The maximum atomic E-state index is 10.5. The van der Waals surface area contributed by atoms with E-state index < -0.39 is 5.41 Å². The highest BCUT2D eigenvalue weighted by molar-refractivity contribution is 6.36. The Kier molecular flexibility index (Phi) is 8.49. The van der Waals surface area contributed by atoms with E-state index >= 15 is 0 Å². The maximum Gasteiger partial charge on any atom is 0.142 e. The molecule has 1 aliphatic heterocycles. The topological polar surface area (TPSA) is 45.5 Å². The lowest BCUT2D eigenvalue weighted by Crippen LogP contribution is -2.62. The molecule has 0 spiro atoms. The second kappa shape index (κ2) is 11.6. The number of halogens is 2. The van der Waals surface area contributed by atoms with Gasteiger partial charge < -0.3 is 9.47 Å². The maximum absolute atomic E-state index is 10.5. The summed E-state index contributed by atoms with van der Waals surface area (Å²) in [6.45, 7) is 10.0. The van der Waals surface area contributed by atoms with Crippen LogP contribution in [-0.2, 0) is 5.41 Å². The molecule has 0 saturated carbocycles. The molecule has 4 rings (SSSR count). The number of hydrogen-bond acceptors (Lipinski definition) is 4. The zero-order valence-corrected chi connectivity index (χ0v) is 22.8. The van der Waals surface area contributed by atoms with Gasteiger partial charge in [-0.1, -0.05) is 96.5 Å². The minimum absolute atomic E-state index is 0.00850. The van der Waals surface area contributed by atoms with Crippen LogP contribution in [0.1, 0.15) is 37.8 Å². The molecule has 0 N–H and O–H groups in total. The van der Waals surface area contributed by atoms with Crippen LogP contribution in [0.5, 0.6) is 11.5 Å². The number of benzene rings is 3. The lowest BCUT2D eigenvalue weighted by Gasteiger charge is -2.49. The minimum atomic E-state index is -0.709. The normalized spacial score (nSPS) is 14.5. The Morgan fingerprint density at radius 2 is 1.51 bits per heavy atom. The van der Waals surface area contributed by atoms with Gasteiger partial charge in [0.25, 0.3) is 0 Å². The van der Waals surface area contributed by atoms with E-state index in [0.717, 1.165) is 30.6 Å². The molecule has 0 bridgehead atoms. The SMILES string of the molecule is C=CCOc1cc(OC2CN(C(C)(C)CCC(C#N)(c3ccccc3)c3ccccc3)C2)c(Cl)cc1Cl. The van der Waals surface area contributed by atoms with Crippen LogP contribution >= 0.6 is 23.2 Å². The molecule has 0 aliphatic carbocycles. The fraction of sp³-hybridized carbons (Fsp3) is 0.323. The van der Waals surface area contributed by atoms with E-state index in [4.69, 9.17) is 32.7 Å². The van der Waals surface area contributed by atoms with Gasteiger partial charge in [0.05, 0.1) is 16.1 Å². The lowest BCUT2D eigenvalue weighted by molar-refractivity contribution is -0.0464. The van der Waals surface area contributed by atoms with Gasteiger partial charge in [-0.05, 0) is 43.9 Å². The molecule has 3 aromatic rings. The van der Waals surface area contributed by atoms with E-state index in [2.05, 4.69) is 55.7 Å². The second-order valence-corrected chi connectivity index (χ2v) is 10.8. The predicted molar refractivity (Wildman–Crippen MR) is 151 cm³/mol. The molecule has 0 aromatic heterocycles. The molecule has 1 fully saturated rings. The quantitative estimate of drug-likeness (QED) is 0.236.